The molecule has 10 nitrogen and oxygen atoms in total. The number of aliphatic hydroxyl groups is 1. The highest BCUT2D eigenvalue weighted by Gasteiger charge is 2.41. The van der Waals surface area contributed by atoms with Gasteiger partial charge in [-0.15, -0.1) is 0 Å². The number of nitrogen functional groups attached to an aromatic ring is 1. The zero-order valence-corrected chi connectivity index (χ0v) is 23.7. The summed E-state index contributed by atoms with van der Waals surface area (Å²) in [6, 6.07) is 18.6. The fraction of sp³-hybridized carbons (Fsp3) is 0.375. The summed E-state index contributed by atoms with van der Waals surface area (Å²) >= 11 is 0. The number of hydrogen-bond acceptors (Lipinski definition) is 6. The molecule has 10 heteroatoms. The summed E-state index contributed by atoms with van der Waals surface area (Å²) in [7, 11) is 1.84. The first-order chi connectivity index (χ1) is 20.2. The summed E-state index contributed by atoms with van der Waals surface area (Å²) < 4.78 is 3.26. The average molecular weight is 569 g/mol. The Kier molecular flexibility index (Phi) is 7.32. The lowest BCUT2D eigenvalue weighted by atomic mass is 9.79. The fourth-order valence-electron chi connectivity index (χ4n) is 6.47. The molecule has 218 valence electrons. The van der Waals surface area contributed by atoms with Gasteiger partial charge in [-0.2, -0.15) is 0 Å². The van der Waals surface area contributed by atoms with Crippen LogP contribution in [0.4, 0.5) is 5.69 Å². The zero-order chi connectivity index (χ0) is 29.4. The van der Waals surface area contributed by atoms with Gasteiger partial charge in [0.1, 0.15) is 12.0 Å². The normalized spacial score (nSPS) is 20.5. The van der Waals surface area contributed by atoms with Crippen LogP contribution in [0.5, 0.6) is 0 Å². The average Bonchev–Trinajstić information content (AvgIpc) is 3.39. The maximum absolute atomic E-state index is 14.0. The number of carbonyl (C=O) groups excluding carboxylic acids is 2. The Balaban J connectivity index is 1.15. The highest BCUT2D eigenvalue weighted by molar-refractivity contribution is 5.95. The Morgan fingerprint density at radius 3 is 2.52 bits per heavy atom. The molecule has 0 saturated carbocycles. The van der Waals surface area contributed by atoms with Gasteiger partial charge in [-0.3, -0.25) is 19.0 Å². The van der Waals surface area contributed by atoms with Crippen LogP contribution in [0.25, 0.3) is 11.0 Å². The van der Waals surface area contributed by atoms with Crippen molar-refractivity contribution in [1.29, 1.82) is 0 Å². The van der Waals surface area contributed by atoms with Crippen LogP contribution in [0.15, 0.2) is 78.0 Å². The van der Waals surface area contributed by atoms with Gasteiger partial charge in [-0.1, -0.05) is 36.4 Å². The Hall–Kier alpha value is -4.44. The van der Waals surface area contributed by atoms with Crippen molar-refractivity contribution in [2.75, 3.05) is 31.9 Å². The lowest BCUT2D eigenvalue weighted by molar-refractivity contribution is -0.142. The van der Waals surface area contributed by atoms with Gasteiger partial charge in [-0.25, -0.2) is 4.98 Å². The molecule has 2 aliphatic rings. The van der Waals surface area contributed by atoms with Crippen LogP contribution in [0, 0.1) is 5.92 Å². The number of carbonyl (C=O) groups is 2. The number of piperidine rings is 2. The van der Waals surface area contributed by atoms with Gasteiger partial charge in [0, 0.05) is 62.5 Å². The maximum Gasteiger partial charge on any atom is 0.262 e. The van der Waals surface area contributed by atoms with Crippen LogP contribution in [-0.2, 0) is 18.4 Å². The minimum absolute atomic E-state index is 0.0477. The predicted molar refractivity (Wildman–Crippen MR) is 160 cm³/mol. The molecule has 0 radical (unpaired) electrons. The smallest absolute Gasteiger partial charge is 0.262 e. The molecule has 3 N–H and O–H groups in total. The molecular formula is C32H36N6O4. The molecule has 2 atom stereocenters. The molecule has 2 saturated heterocycles. The number of hydrogen-bond donors (Lipinski definition) is 2. The van der Waals surface area contributed by atoms with Crippen LogP contribution >= 0.6 is 0 Å². The standard InChI is InChI=1S/C32H36N6O4/c1-35-14-10-26-28(35)34-21-38(31(26)41)20-32(42)12-16-36(17-13-32)30(40)25-11-15-37(19-27(25)22-6-3-2-4-7-22)29(39)23-8-5-9-24(33)18-23/h2-10,14,18,21,25,27,42H,11-13,15-17,19-20,33H2,1H3/t25-,27+/m1/s1. The van der Waals surface area contributed by atoms with E-state index in [1.807, 2.05) is 47.2 Å². The van der Waals surface area contributed by atoms with Crippen molar-refractivity contribution in [3.05, 3.63) is 94.7 Å². The van der Waals surface area contributed by atoms with Crippen molar-refractivity contribution in [3.8, 4) is 0 Å². The molecule has 42 heavy (non-hydrogen) atoms. The second-order valence-electron chi connectivity index (χ2n) is 11.7. The third-order valence-electron chi connectivity index (χ3n) is 8.90. The van der Waals surface area contributed by atoms with Crippen LogP contribution in [0.1, 0.15) is 41.1 Å². The number of rotatable bonds is 5. The molecule has 2 fully saturated rings. The fourth-order valence-corrected chi connectivity index (χ4v) is 6.47. The van der Waals surface area contributed by atoms with Crippen molar-refractivity contribution in [2.45, 2.75) is 37.3 Å². The Morgan fingerprint density at radius 1 is 1.02 bits per heavy atom. The van der Waals surface area contributed by atoms with Gasteiger partial charge in [0.05, 0.1) is 17.5 Å². The summed E-state index contributed by atoms with van der Waals surface area (Å²) in [4.78, 5) is 48.3. The molecule has 0 bridgehead atoms. The van der Waals surface area contributed by atoms with Crippen LogP contribution < -0.4 is 11.3 Å². The van der Waals surface area contributed by atoms with Crippen LogP contribution in [0.2, 0.25) is 0 Å². The van der Waals surface area contributed by atoms with Gasteiger partial charge >= 0.3 is 0 Å². The summed E-state index contributed by atoms with van der Waals surface area (Å²) in [5, 5.41) is 11.9. The molecule has 6 rings (SSSR count). The van der Waals surface area contributed by atoms with Crippen molar-refractivity contribution in [1.82, 2.24) is 23.9 Å². The quantitative estimate of drug-likeness (QED) is 0.357. The Morgan fingerprint density at radius 2 is 1.79 bits per heavy atom. The number of benzene rings is 2. The minimum atomic E-state index is -1.11. The van der Waals surface area contributed by atoms with E-state index in [1.165, 1.54) is 10.9 Å². The molecule has 0 aliphatic carbocycles. The molecule has 4 aromatic rings. The number of amides is 2. The van der Waals surface area contributed by atoms with E-state index in [-0.39, 0.29) is 35.8 Å². The number of nitrogens with two attached hydrogens (primary N) is 1. The predicted octanol–water partition coefficient (Wildman–Crippen LogP) is 2.62. The third-order valence-corrected chi connectivity index (χ3v) is 8.90. The van der Waals surface area contributed by atoms with E-state index in [0.717, 1.165) is 5.56 Å². The first-order valence-corrected chi connectivity index (χ1v) is 14.4. The Bertz CT molecular complexity index is 1670. The van der Waals surface area contributed by atoms with Crippen molar-refractivity contribution < 1.29 is 14.7 Å². The van der Waals surface area contributed by atoms with Crippen LogP contribution in [0.3, 0.4) is 0 Å². The van der Waals surface area contributed by atoms with E-state index < -0.39 is 5.60 Å². The van der Waals surface area contributed by atoms with Crippen molar-refractivity contribution >= 4 is 28.5 Å². The van der Waals surface area contributed by atoms with Gasteiger partial charge in [0.15, 0.2) is 0 Å². The van der Waals surface area contributed by atoms with Gasteiger partial charge < -0.3 is 25.2 Å². The summed E-state index contributed by atoms with van der Waals surface area (Å²) in [6.45, 7) is 1.83. The summed E-state index contributed by atoms with van der Waals surface area (Å²) in [6.07, 6.45) is 4.55. The highest BCUT2D eigenvalue weighted by Crippen LogP contribution is 2.36. The van der Waals surface area contributed by atoms with Gasteiger partial charge in [0.25, 0.3) is 11.5 Å². The minimum Gasteiger partial charge on any atom is -0.399 e. The van der Waals surface area contributed by atoms with Crippen LogP contribution in [-0.4, -0.2) is 72.6 Å². The third kappa shape index (κ3) is 5.30. The van der Waals surface area contributed by atoms with Crippen molar-refractivity contribution in [2.24, 2.45) is 13.0 Å². The molecule has 2 aromatic heterocycles. The molecule has 2 amide bonds. The van der Waals surface area contributed by atoms with Gasteiger partial charge in [-0.05, 0) is 49.1 Å². The largest absolute Gasteiger partial charge is 0.399 e. The first-order valence-electron chi connectivity index (χ1n) is 14.4. The second kappa shape index (κ2) is 11.1. The second-order valence-corrected chi connectivity index (χ2v) is 11.7. The summed E-state index contributed by atoms with van der Waals surface area (Å²) in [5.74, 6) is -0.474. The van der Waals surface area contributed by atoms with Crippen molar-refractivity contribution in [3.63, 3.8) is 0 Å². The SMILES string of the molecule is Cn1ccc2c(=O)n(CC3(O)CCN(C(=O)[C@@H]4CCN(C(=O)c5cccc(N)c5)C[C@H]4c4ccccc4)CC3)cnc21. The topological polar surface area (TPSA) is 127 Å². The number of nitrogens with zero attached hydrogens (tertiary/aromatic N) is 5. The monoisotopic (exact) mass is 568 g/mol. The zero-order valence-electron chi connectivity index (χ0n) is 23.7. The molecule has 4 heterocycles. The number of likely N-dealkylation sites (tertiary alicyclic amines) is 2. The van der Waals surface area contributed by atoms with E-state index in [0.29, 0.717) is 67.7 Å². The number of aryl methyl sites for hydroxylation is 1. The number of fused-ring (bicyclic) bond motifs is 1. The van der Waals surface area contributed by atoms with E-state index in [2.05, 4.69) is 4.98 Å². The molecule has 0 unspecified atom stereocenters. The number of aromatic nitrogens is 3. The maximum atomic E-state index is 14.0. The summed E-state index contributed by atoms with van der Waals surface area (Å²) in [5.41, 5.74) is 7.34. The molecule has 2 aliphatic heterocycles. The molecule has 2 aromatic carbocycles. The van der Waals surface area contributed by atoms with E-state index in [4.69, 9.17) is 5.73 Å². The number of anilines is 1. The van der Waals surface area contributed by atoms with E-state index in [9.17, 15) is 19.5 Å². The molecular weight excluding hydrogens is 532 g/mol. The van der Waals surface area contributed by atoms with E-state index >= 15 is 0 Å². The lowest BCUT2D eigenvalue weighted by Crippen LogP contribution is -2.53. The first kappa shape index (κ1) is 27.7. The Labute approximate surface area is 244 Å². The molecule has 0 spiro atoms. The lowest BCUT2D eigenvalue weighted by Gasteiger charge is -2.43. The van der Waals surface area contributed by atoms with Gasteiger partial charge in [0.2, 0.25) is 5.91 Å². The van der Waals surface area contributed by atoms with E-state index in [1.54, 1.807) is 41.1 Å². The highest BCUT2D eigenvalue weighted by atomic mass is 16.3.